The lowest BCUT2D eigenvalue weighted by Gasteiger charge is -2.14. The van der Waals surface area contributed by atoms with Crippen molar-refractivity contribution >= 4 is 30.3 Å². The van der Waals surface area contributed by atoms with E-state index in [0.717, 1.165) is 0 Å². The summed E-state index contributed by atoms with van der Waals surface area (Å²) in [5.74, 6) is -0.395. The van der Waals surface area contributed by atoms with Crippen molar-refractivity contribution in [3.05, 3.63) is 0 Å². The van der Waals surface area contributed by atoms with Gasteiger partial charge in [0.15, 0.2) is 0 Å². The minimum Gasteiger partial charge on any atom is -0.368 e. The van der Waals surface area contributed by atoms with Crippen molar-refractivity contribution in [3.63, 3.8) is 0 Å². The monoisotopic (exact) mass is 151 g/mol. The molecule has 0 saturated carbocycles. The molecule has 0 aliphatic carbocycles. The number of amides is 1. The summed E-state index contributed by atoms with van der Waals surface area (Å²) in [4.78, 5) is 10.4. The number of carbonyl (C=O) groups is 1. The van der Waals surface area contributed by atoms with Gasteiger partial charge in [-0.2, -0.15) is 12.6 Å². The normalized spacial score (nSPS) is 17.4. The third kappa shape index (κ3) is 1.96. The van der Waals surface area contributed by atoms with Gasteiger partial charge in [0.2, 0.25) is 5.91 Å². The Morgan fingerprint density at radius 1 is 1.88 bits per heavy atom. The smallest absolute Gasteiger partial charge is 0.243 e. The molecule has 1 unspecified atom stereocenters. The predicted molar refractivity (Wildman–Crippen MR) is 40.1 cm³/mol. The Morgan fingerprint density at radius 3 is 2.25 bits per heavy atom. The van der Waals surface area contributed by atoms with Crippen LogP contribution in [-0.4, -0.2) is 16.2 Å². The number of primary amides is 1. The first-order valence-electron chi connectivity index (χ1n) is 2.08. The minimum atomic E-state index is -0.708. The lowest BCUT2D eigenvalue weighted by molar-refractivity contribution is -0.117. The first-order valence-corrected chi connectivity index (χ1v) is 3.75. The molecule has 0 saturated heterocycles. The van der Waals surface area contributed by atoms with E-state index in [0.29, 0.717) is 0 Å². The molecule has 1 amide bonds. The molecule has 48 valence electrons. The minimum absolute atomic E-state index is 0.395. The van der Waals surface area contributed by atoms with E-state index in [1.54, 1.807) is 13.2 Å². The molecule has 0 rings (SSSR count). The SMILES string of the molecule is CSC(C)(S)C(N)=O. The van der Waals surface area contributed by atoms with E-state index in [2.05, 4.69) is 12.6 Å². The van der Waals surface area contributed by atoms with Crippen molar-refractivity contribution in [2.75, 3.05) is 6.26 Å². The van der Waals surface area contributed by atoms with Crippen LogP contribution in [0.3, 0.4) is 0 Å². The van der Waals surface area contributed by atoms with Crippen molar-refractivity contribution in [3.8, 4) is 0 Å². The average Bonchev–Trinajstić information content (AvgIpc) is 1.67. The van der Waals surface area contributed by atoms with Gasteiger partial charge in [0, 0.05) is 0 Å². The van der Waals surface area contributed by atoms with E-state index >= 15 is 0 Å². The summed E-state index contributed by atoms with van der Waals surface area (Å²) in [5, 5.41) is 0. The molecule has 0 spiro atoms. The zero-order chi connectivity index (χ0) is 6.78. The molecule has 0 aliphatic heterocycles. The summed E-state index contributed by atoms with van der Waals surface area (Å²) in [5.41, 5.74) is 4.94. The number of thioether (sulfide) groups is 1. The second-order valence-corrected chi connectivity index (χ2v) is 3.97. The average molecular weight is 151 g/mol. The molecule has 2 N–H and O–H groups in total. The summed E-state index contributed by atoms with van der Waals surface area (Å²) >= 11 is 5.29. The fourth-order valence-electron chi connectivity index (χ4n) is 0.101. The van der Waals surface area contributed by atoms with Crippen LogP contribution in [0.25, 0.3) is 0 Å². The molecule has 4 heteroatoms. The molecule has 1 atom stereocenters. The first kappa shape index (κ1) is 8.17. The number of rotatable bonds is 2. The van der Waals surface area contributed by atoms with Gasteiger partial charge in [0.25, 0.3) is 0 Å². The molecule has 0 aromatic carbocycles. The van der Waals surface area contributed by atoms with E-state index in [4.69, 9.17) is 5.73 Å². The fourth-order valence-corrected chi connectivity index (χ4v) is 0.302. The summed E-state index contributed by atoms with van der Waals surface area (Å²) < 4.78 is -0.708. The molecule has 0 aromatic rings. The van der Waals surface area contributed by atoms with Crippen molar-refractivity contribution in [1.29, 1.82) is 0 Å². The Labute approximate surface area is 58.6 Å². The zero-order valence-electron chi connectivity index (χ0n) is 4.84. The molecule has 0 radical (unpaired) electrons. The van der Waals surface area contributed by atoms with Gasteiger partial charge in [-0.1, -0.05) is 0 Å². The highest BCUT2D eigenvalue weighted by atomic mass is 32.2. The second kappa shape index (κ2) is 2.64. The molecule has 0 aromatic heterocycles. The highest BCUT2D eigenvalue weighted by Gasteiger charge is 2.23. The zero-order valence-corrected chi connectivity index (χ0v) is 6.55. The molecular weight excluding hydrogens is 142 g/mol. The van der Waals surface area contributed by atoms with Crippen LogP contribution in [0.5, 0.6) is 0 Å². The molecule has 0 aliphatic rings. The molecule has 0 heterocycles. The fraction of sp³-hybridized carbons (Fsp3) is 0.750. The van der Waals surface area contributed by atoms with E-state index < -0.39 is 9.99 Å². The number of hydrogen-bond acceptors (Lipinski definition) is 3. The van der Waals surface area contributed by atoms with E-state index in [-0.39, 0.29) is 0 Å². The van der Waals surface area contributed by atoms with Gasteiger partial charge < -0.3 is 5.73 Å². The van der Waals surface area contributed by atoms with E-state index in [1.807, 2.05) is 0 Å². The van der Waals surface area contributed by atoms with Crippen LogP contribution in [-0.2, 0) is 4.79 Å². The lowest BCUT2D eigenvalue weighted by atomic mass is 10.4. The van der Waals surface area contributed by atoms with Gasteiger partial charge in [-0.15, -0.1) is 11.8 Å². The van der Waals surface area contributed by atoms with Crippen molar-refractivity contribution in [2.24, 2.45) is 5.73 Å². The van der Waals surface area contributed by atoms with Crippen LogP contribution >= 0.6 is 24.4 Å². The van der Waals surface area contributed by atoms with Crippen molar-refractivity contribution in [1.82, 2.24) is 0 Å². The second-order valence-electron chi connectivity index (χ2n) is 1.55. The van der Waals surface area contributed by atoms with Crippen LogP contribution in [0.15, 0.2) is 0 Å². The topological polar surface area (TPSA) is 43.1 Å². The Kier molecular flexibility index (Phi) is 2.70. The Morgan fingerprint density at radius 2 is 2.25 bits per heavy atom. The summed E-state index contributed by atoms with van der Waals surface area (Å²) in [6.07, 6.45) is 1.79. The first-order chi connectivity index (χ1) is 3.50. The molecular formula is C4H9NOS2. The molecule has 0 fully saturated rings. The maximum absolute atomic E-state index is 10.4. The Balaban J connectivity index is 3.91. The Bertz CT molecular complexity index is 102. The van der Waals surface area contributed by atoms with Crippen LogP contribution in [0.1, 0.15) is 6.92 Å². The lowest BCUT2D eigenvalue weighted by Crippen LogP contribution is -2.31. The number of nitrogens with two attached hydrogens (primary N) is 1. The van der Waals surface area contributed by atoms with Gasteiger partial charge >= 0.3 is 0 Å². The van der Waals surface area contributed by atoms with Gasteiger partial charge in [-0.25, -0.2) is 0 Å². The molecule has 2 nitrogen and oxygen atoms in total. The predicted octanol–water partition coefficient (Wildman–Crippen LogP) is 0.481. The van der Waals surface area contributed by atoms with E-state index in [1.165, 1.54) is 11.8 Å². The Hall–Kier alpha value is 0.170. The van der Waals surface area contributed by atoms with Crippen molar-refractivity contribution < 1.29 is 4.79 Å². The maximum Gasteiger partial charge on any atom is 0.243 e. The van der Waals surface area contributed by atoms with Gasteiger partial charge in [0.1, 0.15) is 4.08 Å². The van der Waals surface area contributed by atoms with Crippen LogP contribution in [0.4, 0.5) is 0 Å². The standard InChI is InChI=1S/C4H9NOS2/c1-4(7,8-2)3(5)6/h7H,1-2H3,(H2,5,6). The number of hydrogen-bond donors (Lipinski definition) is 2. The van der Waals surface area contributed by atoms with E-state index in [9.17, 15) is 4.79 Å². The number of thiol groups is 1. The quantitative estimate of drug-likeness (QED) is 0.445. The van der Waals surface area contributed by atoms with Crippen LogP contribution in [0.2, 0.25) is 0 Å². The molecule has 8 heavy (non-hydrogen) atoms. The number of carbonyl (C=O) groups excluding carboxylic acids is 1. The summed E-state index contributed by atoms with van der Waals surface area (Å²) in [6, 6.07) is 0. The third-order valence-electron chi connectivity index (χ3n) is 0.855. The van der Waals surface area contributed by atoms with Gasteiger partial charge in [0.05, 0.1) is 0 Å². The summed E-state index contributed by atoms with van der Waals surface area (Å²) in [6.45, 7) is 1.67. The van der Waals surface area contributed by atoms with Gasteiger partial charge in [-0.3, -0.25) is 4.79 Å². The van der Waals surface area contributed by atoms with Crippen LogP contribution in [0, 0.1) is 0 Å². The highest BCUT2D eigenvalue weighted by molar-refractivity contribution is 8.12. The summed E-state index contributed by atoms with van der Waals surface area (Å²) in [7, 11) is 0. The van der Waals surface area contributed by atoms with Gasteiger partial charge in [-0.05, 0) is 13.2 Å². The molecule has 0 bridgehead atoms. The third-order valence-corrected chi connectivity index (χ3v) is 2.62. The maximum atomic E-state index is 10.4. The highest BCUT2D eigenvalue weighted by Crippen LogP contribution is 2.24. The van der Waals surface area contributed by atoms with Crippen LogP contribution < -0.4 is 5.73 Å². The van der Waals surface area contributed by atoms with Crippen molar-refractivity contribution in [2.45, 2.75) is 11.0 Å². The largest absolute Gasteiger partial charge is 0.368 e.